The van der Waals surface area contributed by atoms with Crippen molar-refractivity contribution in [2.75, 3.05) is 12.4 Å². The van der Waals surface area contributed by atoms with Gasteiger partial charge in [-0.3, -0.25) is 4.79 Å². The predicted octanol–water partition coefficient (Wildman–Crippen LogP) is 2.52. The molecule has 0 bridgehead atoms. The Balaban J connectivity index is 2.32. The van der Waals surface area contributed by atoms with Crippen LogP contribution in [0, 0.1) is 0 Å². The Morgan fingerprint density at radius 3 is 3.07 bits per heavy atom. The third kappa shape index (κ3) is 3.51. The summed E-state index contributed by atoms with van der Waals surface area (Å²) in [6.07, 6.45) is 1.47. The van der Waals surface area contributed by atoms with Crippen molar-refractivity contribution in [3.05, 3.63) is 24.2 Å². The van der Waals surface area contributed by atoms with E-state index in [4.69, 9.17) is 21.4 Å². The van der Waals surface area contributed by atoms with E-state index in [2.05, 4.69) is 0 Å². The Kier molecular flexibility index (Phi) is 4.69. The summed E-state index contributed by atoms with van der Waals surface area (Å²) in [5, 5.41) is 0. The van der Waals surface area contributed by atoms with Crippen LogP contribution >= 0.6 is 24.0 Å². The molecule has 0 atom stereocenters. The van der Waals surface area contributed by atoms with Gasteiger partial charge in [-0.2, -0.15) is 0 Å². The van der Waals surface area contributed by atoms with Crippen molar-refractivity contribution in [3.8, 4) is 0 Å². The van der Waals surface area contributed by atoms with Crippen LogP contribution in [0.4, 0.5) is 0 Å². The molecule has 5 heteroatoms. The Hall–Kier alpha value is -0.810. The highest BCUT2D eigenvalue weighted by Crippen LogP contribution is 2.10. The van der Waals surface area contributed by atoms with Crippen LogP contribution < -0.4 is 0 Å². The van der Waals surface area contributed by atoms with Crippen LogP contribution in [-0.4, -0.2) is 22.5 Å². The highest BCUT2D eigenvalue weighted by molar-refractivity contribution is 8.23. The third-order valence-corrected chi connectivity index (χ3v) is 2.61. The van der Waals surface area contributed by atoms with Gasteiger partial charge in [0, 0.05) is 0 Å². The quantitative estimate of drug-likeness (QED) is 0.587. The lowest BCUT2D eigenvalue weighted by Gasteiger charge is -2.01. The molecule has 1 rings (SSSR count). The number of thioether (sulfide) groups is 1. The van der Waals surface area contributed by atoms with E-state index in [9.17, 15) is 4.79 Å². The van der Waals surface area contributed by atoms with E-state index in [-0.39, 0.29) is 11.5 Å². The van der Waals surface area contributed by atoms with Crippen molar-refractivity contribution in [3.63, 3.8) is 0 Å². The molecule has 0 aliphatic heterocycles. The van der Waals surface area contributed by atoms with E-state index in [0.717, 1.165) is 0 Å². The summed E-state index contributed by atoms with van der Waals surface area (Å²) >= 11 is 6.07. The van der Waals surface area contributed by atoms with Gasteiger partial charge in [0.05, 0.1) is 18.6 Å². The van der Waals surface area contributed by atoms with Crippen LogP contribution in [0.1, 0.15) is 17.5 Å². The number of carbonyl (C=O) groups is 1. The van der Waals surface area contributed by atoms with Gasteiger partial charge in [-0.1, -0.05) is 11.8 Å². The summed E-state index contributed by atoms with van der Waals surface area (Å²) in [5.41, 5.74) is 0. The molecule has 0 aliphatic rings. The fraction of sp³-hybridized carbons (Fsp3) is 0.333. The van der Waals surface area contributed by atoms with Gasteiger partial charge in [0.15, 0.2) is 5.76 Å². The SMILES string of the molecule is CCOC(=S)SCC(=O)c1ccco1. The van der Waals surface area contributed by atoms with Crippen molar-refractivity contribution >= 4 is 34.1 Å². The van der Waals surface area contributed by atoms with Gasteiger partial charge in [0.2, 0.25) is 10.2 Å². The van der Waals surface area contributed by atoms with Crippen LogP contribution in [-0.2, 0) is 4.74 Å². The second-order valence-corrected chi connectivity index (χ2v) is 3.95. The molecule has 0 radical (unpaired) electrons. The molecule has 1 heterocycles. The fourth-order valence-electron chi connectivity index (χ4n) is 0.792. The maximum atomic E-state index is 11.4. The van der Waals surface area contributed by atoms with Gasteiger partial charge in [0.25, 0.3) is 0 Å². The number of hydrogen-bond acceptors (Lipinski definition) is 5. The number of ketones is 1. The highest BCUT2D eigenvalue weighted by Gasteiger charge is 2.10. The van der Waals surface area contributed by atoms with Crippen LogP contribution in [0.15, 0.2) is 22.8 Å². The Bertz CT molecular complexity index is 306. The molecule has 1 aromatic rings. The van der Waals surface area contributed by atoms with Gasteiger partial charge < -0.3 is 9.15 Å². The average Bonchev–Trinajstić information content (AvgIpc) is 2.67. The number of Topliss-reactive ketones (excluding diaryl/α,β-unsaturated/α-hetero) is 1. The van der Waals surface area contributed by atoms with E-state index < -0.39 is 0 Å². The number of hydrogen-bond donors (Lipinski definition) is 0. The van der Waals surface area contributed by atoms with Crippen molar-refractivity contribution in [1.29, 1.82) is 0 Å². The molecule has 3 nitrogen and oxygen atoms in total. The molecule has 0 fully saturated rings. The zero-order chi connectivity index (χ0) is 10.4. The Morgan fingerprint density at radius 1 is 1.71 bits per heavy atom. The molecule has 0 unspecified atom stereocenters. The Morgan fingerprint density at radius 2 is 2.50 bits per heavy atom. The lowest BCUT2D eigenvalue weighted by Crippen LogP contribution is -2.05. The van der Waals surface area contributed by atoms with Gasteiger partial charge in [-0.05, 0) is 31.3 Å². The molecule has 0 aromatic carbocycles. The first-order chi connectivity index (χ1) is 6.74. The van der Waals surface area contributed by atoms with Gasteiger partial charge in [-0.15, -0.1) is 0 Å². The molecule has 76 valence electrons. The van der Waals surface area contributed by atoms with E-state index in [0.29, 0.717) is 16.7 Å². The van der Waals surface area contributed by atoms with E-state index in [1.54, 1.807) is 12.1 Å². The van der Waals surface area contributed by atoms with Gasteiger partial charge in [0.1, 0.15) is 0 Å². The zero-order valence-corrected chi connectivity index (χ0v) is 9.32. The average molecular weight is 230 g/mol. The minimum Gasteiger partial charge on any atom is -0.479 e. The normalized spacial score (nSPS) is 9.79. The number of thiocarbonyl (C=S) groups is 1. The molecular formula is C9H10O3S2. The monoisotopic (exact) mass is 230 g/mol. The number of carbonyl (C=O) groups excluding carboxylic acids is 1. The first-order valence-electron chi connectivity index (χ1n) is 4.10. The largest absolute Gasteiger partial charge is 0.479 e. The minimum atomic E-state index is -0.0814. The first kappa shape index (κ1) is 11.3. The van der Waals surface area contributed by atoms with Crippen LogP contribution in [0.25, 0.3) is 0 Å². The molecule has 0 spiro atoms. The van der Waals surface area contributed by atoms with Crippen molar-refractivity contribution < 1.29 is 13.9 Å². The van der Waals surface area contributed by atoms with Crippen LogP contribution in [0.2, 0.25) is 0 Å². The summed E-state index contributed by atoms with van der Waals surface area (Å²) < 4.78 is 10.4. The molecular weight excluding hydrogens is 220 g/mol. The summed E-state index contributed by atoms with van der Waals surface area (Å²) in [4.78, 5) is 11.4. The predicted molar refractivity (Wildman–Crippen MR) is 59.7 cm³/mol. The van der Waals surface area contributed by atoms with Crippen molar-refractivity contribution in [1.82, 2.24) is 0 Å². The molecule has 0 amide bonds. The Labute approximate surface area is 91.8 Å². The maximum absolute atomic E-state index is 11.4. The third-order valence-electron chi connectivity index (χ3n) is 1.38. The van der Waals surface area contributed by atoms with E-state index in [1.165, 1.54) is 18.0 Å². The lowest BCUT2D eigenvalue weighted by molar-refractivity contribution is 0.0992. The van der Waals surface area contributed by atoms with Gasteiger partial charge >= 0.3 is 0 Å². The highest BCUT2D eigenvalue weighted by atomic mass is 32.2. The molecule has 0 saturated carbocycles. The zero-order valence-electron chi connectivity index (χ0n) is 7.69. The number of rotatable bonds is 4. The summed E-state index contributed by atoms with van der Waals surface area (Å²) in [5.74, 6) is 0.533. The molecule has 0 saturated heterocycles. The maximum Gasteiger partial charge on any atom is 0.220 e. The smallest absolute Gasteiger partial charge is 0.220 e. The number of furan rings is 1. The first-order valence-corrected chi connectivity index (χ1v) is 5.49. The van der Waals surface area contributed by atoms with Gasteiger partial charge in [-0.25, -0.2) is 0 Å². The second-order valence-electron chi connectivity index (χ2n) is 2.37. The fourth-order valence-corrected chi connectivity index (χ4v) is 1.68. The van der Waals surface area contributed by atoms with Crippen LogP contribution in [0.5, 0.6) is 0 Å². The second kappa shape index (κ2) is 5.82. The standard InChI is InChI=1S/C9H10O3S2/c1-2-11-9(13)14-6-7(10)8-4-3-5-12-8/h3-5H,2,6H2,1H3. The summed E-state index contributed by atoms with van der Waals surface area (Å²) in [6.45, 7) is 2.38. The molecule has 14 heavy (non-hydrogen) atoms. The van der Waals surface area contributed by atoms with E-state index in [1.807, 2.05) is 6.92 Å². The molecule has 1 aromatic heterocycles. The van der Waals surface area contributed by atoms with Crippen molar-refractivity contribution in [2.45, 2.75) is 6.92 Å². The summed E-state index contributed by atoms with van der Waals surface area (Å²) in [7, 11) is 0. The molecule has 0 N–H and O–H groups in total. The van der Waals surface area contributed by atoms with Crippen molar-refractivity contribution in [2.24, 2.45) is 0 Å². The summed E-state index contributed by atoms with van der Waals surface area (Å²) in [6, 6.07) is 3.31. The van der Waals surface area contributed by atoms with E-state index >= 15 is 0 Å². The number of ether oxygens (including phenoxy) is 1. The van der Waals surface area contributed by atoms with Crippen LogP contribution in [0.3, 0.4) is 0 Å². The lowest BCUT2D eigenvalue weighted by atomic mass is 10.3. The molecule has 0 aliphatic carbocycles. The topological polar surface area (TPSA) is 39.4 Å². The minimum absolute atomic E-state index is 0.0814.